The number of Topliss-reactive ketones (excluding diaryl/α,β-unsaturated/α-hetero) is 3. The Morgan fingerprint density at radius 1 is 0.521 bits per heavy atom. The van der Waals surface area contributed by atoms with Crippen LogP contribution in [0.15, 0.2) is 170 Å². The number of carbonyl (C=O) groups excluding carboxylic acids is 14. The van der Waals surface area contributed by atoms with E-state index in [9.17, 15) is 67.1 Å². The Bertz CT molecular complexity index is 5590. The van der Waals surface area contributed by atoms with Crippen LogP contribution in [-0.2, 0) is 33.5 Å². The van der Waals surface area contributed by atoms with Gasteiger partial charge in [-0.05, 0) is 129 Å². The zero-order valence-corrected chi connectivity index (χ0v) is 68.1. The lowest BCUT2D eigenvalue weighted by Gasteiger charge is -2.39. The van der Waals surface area contributed by atoms with Crippen LogP contribution < -0.4 is 30.7 Å². The lowest BCUT2D eigenvalue weighted by atomic mass is 9.97. The topological polar surface area (TPSA) is 368 Å². The molecule has 32 heteroatoms. The minimum atomic E-state index is -0.891. The first-order valence-corrected chi connectivity index (χ1v) is 40.4. The summed E-state index contributed by atoms with van der Waals surface area (Å²) in [7, 11) is 4.01. The number of H-pyrrole nitrogens is 3. The minimum Gasteiger partial charge on any atom is -0.466 e. The molecule has 626 valence electrons. The molecule has 32 nitrogen and oxygen atoms in total. The number of rotatable bonds is 23. The van der Waals surface area contributed by atoms with Crippen molar-refractivity contribution in [3.63, 3.8) is 0 Å². The van der Waals surface area contributed by atoms with Gasteiger partial charge < -0.3 is 69.9 Å². The zero-order chi connectivity index (χ0) is 85.9. The number of likely N-dealkylation sites (N-methyl/N-ethyl adjacent to an activating group) is 1. The van der Waals surface area contributed by atoms with Crippen molar-refractivity contribution in [2.24, 2.45) is 0 Å². The van der Waals surface area contributed by atoms with Crippen LogP contribution in [0, 0.1) is 6.57 Å². The number of benzene rings is 6. The van der Waals surface area contributed by atoms with Gasteiger partial charge in [0.1, 0.15) is 12.1 Å². The maximum Gasteiger partial charge on any atom is 0.329 e. The van der Waals surface area contributed by atoms with Gasteiger partial charge in [-0.15, -0.1) is 0 Å². The molecule has 13 amide bonds. The summed E-state index contributed by atoms with van der Waals surface area (Å²) in [6.45, 7) is 21.8. The molecule has 0 aliphatic carbocycles. The number of carbonyl (C=O) groups is 14. The number of fused-ring (bicyclic) bond motifs is 3. The van der Waals surface area contributed by atoms with Gasteiger partial charge in [0.2, 0.25) is 0 Å². The molecular weight excluding hydrogens is 1550 g/mol. The summed E-state index contributed by atoms with van der Waals surface area (Å²) in [5, 5.41) is 9.77. The molecule has 6 N–H and O–H groups in total. The number of hydrogen-bond donors (Lipinski definition) is 6. The standard InChI is InChI=1S/C32H41N7O4.C31H29N5O6.C26H25N5O5/c1-23-22-37(30(41)24-9-5-4-6-10-24)18-19-38(23)31(42)29(40)26-21-34-28-25(26)11-7-12-27(28)39-20-17-36(32(39)43)16-15-35(3)14-8-13-33-2;1-3-42-25(37)13-12-23-29(39)36(31(41)34-23)24-11-7-10-21-22(18-33-27(21)24)28(38)30(40)35-16-14-20(15-17-35)26(32-2)19-8-5-4-6-9-19;1-15-14-29(24(34)17-7-4-3-5-8-17)11-12-30(15)25(35)22(32)19-13-27-21-18(19)9-6-10-20(21)31-23(33)16(2)28-26(31)36/h4-7,9-12,21,23,33-34H,8,13-20,22H2,1-3H3;4-11,18,23,33H,3,12-17H2,1H3,(H,34,41);3-10,13,15-16,27H,11-12,14H2,1-2H3,(H,28,36)/t2*23-;15-,16?/m101/s1. The molecule has 15 rings (SSSR count). The fraction of sp³-hybridized carbons (Fsp3) is 0.337. The van der Waals surface area contributed by atoms with Gasteiger partial charge in [0.05, 0.1) is 63.5 Å². The van der Waals surface area contributed by atoms with Gasteiger partial charge in [-0.3, -0.25) is 57.6 Å². The summed E-state index contributed by atoms with van der Waals surface area (Å²) in [5.74, 6) is -5.49. The van der Waals surface area contributed by atoms with Gasteiger partial charge >= 0.3 is 24.1 Å². The van der Waals surface area contributed by atoms with Gasteiger partial charge in [-0.1, -0.05) is 109 Å². The third kappa shape index (κ3) is 18.1. The summed E-state index contributed by atoms with van der Waals surface area (Å²) in [6, 6.07) is 39.2. The number of esters is 1. The maximum atomic E-state index is 13.5. The fourth-order valence-corrected chi connectivity index (χ4v) is 16.1. The third-order valence-electron chi connectivity index (χ3n) is 22.6. The Labute approximate surface area is 697 Å². The Morgan fingerprint density at radius 3 is 1.45 bits per heavy atom. The molecular formula is C89H95N17O15. The van der Waals surface area contributed by atoms with E-state index in [1.54, 1.807) is 119 Å². The first-order valence-electron chi connectivity index (χ1n) is 40.4. The van der Waals surface area contributed by atoms with E-state index < -0.39 is 77.0 Å². The van der Waals surface area contributed by atoms with Crippen molar-refractivity contribution in [2.75, 3.05) is 127 Å². The second-order valence-corrected chi connectivity index (χ2v) is 30.4. The van der Waals surface area contributed by atoms with Crippen LogP contribution in [0.3, 0.4) is 0 Å². The van der Waals surface area contributed by atoms with Crippen molar-refractivity contribution < 1.29 is 71.9 Å². The summed E-state index contributed by atoms with van der Waals surface area (Å²) in [5.41, 5.74) is 6.81. The molecule has 4 atom stereocenters. The quantitative estimate of drug-likeness (QED) is 0.00870. The van der Waals surface area contributed by atoms with E-state index in [0.29, 0.717) is 133 Å². The Morgan fingerprint density at radius 2 is 0.983 bits per heavy atom. The number of imide groups is 2. The number of anilines is 3. The number of nitrogens with one attached hydrogen (secondary N) is 6. The van der Waals surface area contributed by atoms with Crippen LogP contribution in [0.2, 0.25) is 0 Å². The molecule has 9 heterocycles. The number of likely N-dealkylation sites (tertiary alicyclic amines) is 1. The van der Waals surface area contributed by atoms with Gasteiger partial charge in [0, 0.05) is 143 Å². The molecule has 0 bridgehead atoms. The first kappa shape index (κ1) is 85.0. The number of amides is 13. The number of piperidine rings is 1. The van der Waals surface area contributed by atoms with E-state index in [4.69, 9.17) is 11.3 Å². The second-order valence-electron chi connectivity index (χ2n) is 30.4. The van der Waals surface area contributed by atoms with E-state index in [0.717, 1.165) is 47.0 Å². The van der Waals surface area contributed by atoms with Crippen molar-refractivity contribution in [1.29, 1.82) is 0 Å². The van der Waals surface area contributed by atoms with E-state index in [1.807, 2.05) is 92.5 Å². The summed E-state index contributed by atoms with van der Waals surface area (Å²) in [6.07, 6.45) is 6.50. The Kier molecular flexibility index (Phi) is 26.5. The number of aromatic amines is 3. The van der Waals surface area contributed by atoms with Crippen molar-refractivity contribution in [1.82, 2.24) is 65.2 Å². The molecule has 3 aromatic heterocycles. The van der Waals surface area contributed by atoms with Crippen LogP contribution in [0.1, 0.15) is 117 Å². The molecule has 6 saturated heterocycles. The second kappa shape index (κ2) is 37.8. The molecule has 0 saturated carbocycles. The predicted molar refractivity (Wildman–Crippen MR) is 452 cm³/mol. The van der Waals surface area contributed by atoms with Gasteiger partial charge in [-0.25, -0.2) is 29.0 Å². The Balaban J connectivity index is 0.000000157. The number of piperazine rings is 2. The van der Waals surface area contributed by atoms with E-state index in [2.05, 4.69) is 47.7 Å². The lowest BCUT2D eigenvalue weighted by molar-refractivity contribution is -0.143. The SMILES string of the molecule is CC1NC(=O)N(c2cccc3c(C(=O)C(=O)N4CCN(C(=O)c5ccccc5)C[C@H]4C)c[nH]c23)C1=O.CNCCCN(C)CCN1CCN(c2cccc3c(C(=O)C(=O)N4CCN(C(=O)c5ccccc5)C[C@H]4C)c[nH]c23)C1=O.[C-]#[N+]C(=C1CCN(C(=O)C(=O)c2c[nH]c3c(N4C(=O)N[C@@H](CCC(=O)OCC)C4=O)cccc23)CC1)c1ccccc1. The molecule has 6 aromatic carbocycles. The van der Waals surface area contributed by atoms with Crippen LogP contribution in [-0.4, -0.2) is 269 Å². The predicted octanol–water partition coefficient (Wildman–Crippen LogP) is 8.75. The molecule has 0 radical (unpaired) electrons. The molecule has 6 fully saturated rings. The number of hydrogen-bond acceptors (Lipinski definition) is 17. The van der Waals surface area contributed by atoms with Crippen molar-refractivity contribution in [3.05, 3.63) is 215 Å². The Hall–Kier alpha value is -13.9. The molecule has 6 aliphatic heterocycles. The van der Waals surface area contributed by atoms with Crippen LogP contribution >= 0.6 is 0 Å². The van der Waals surface area contributed by atoms with Gasteiger partial charge in [0.15, 0.2) is 5.70 Å². The fourth-order valence-electron chi connectivity index (χ4n) is 16.1. The number of urea groups is 3. The minimum absolute atomic E-state index is 0.0228. The van der Waals surface area contributed by atoms with E-state index >= 15 is 0 Å². The number of aromatic nitrogens is 3. The van der Waals surface area contributed by atoms with Crippen molar-refractivity contribution >= 4 is 138 Å². The average Bonchev–Trinajstić information content (AvgIpc) is 1.63. The normalized spacial score (nSPS) is 18.0. The number of para-hydroxylation sites is 3. The van der Waals surface area contributed by atoms with E-state index in [1.165, 1.54) is 22.2 Å². The highest BCUT2D eigenvalue weighted by Crippen LogP contribution is 2.37. The number of ether oxygens (including phenoxy) is 1. The van der Waals surface area contributed by atoms with Crippen LogP contribution in [0.4, 0.5) is 31.4 Å². The monoisotopic (exact) mass is 1640 g/mol. The van der Waals surface area contributed by atoms with Crippen LogP contribution in [0.5, 0.6) is 0 Å². The summed E-state index contributed by atoms with van der Waals surface area (Å²) >= 11 is 0. The smallest absolute Gasteiger partial charge is 0.329 e. The summed E-state index contributed by atoms with van der Waals surface area (Å²) < 4.78 is 4.90. The molecule has 9 aromatic rings. The lowest BCUT2D eigenvalue weighted by Crippen LogP contribution is -2.56. The largest absolute Gasteiger partial charge is 0.466 e. The molecule has 6 aliphatic rings. The highest BCUT2D eigenvalue weighted by Gasteiger charge is 2.43. The number of nitrogens with zero attached hydrogens (tertiary/aromatic N) is 11. The molecule has 1 unspecified atom stereocenters. The highest BCUT2D eigenvalue weighted by atomic mass is 16.5. The van der Waals surface area contributed by atoms with Gasteiger partial charge in [0.25, 0.3) is 58.7 Å². The van der Waals surface area contributed by atoms with Crippen molar-refractivity contribution in [2.45, 2.75) is 84.0 Å². The molecule has 121 heavy (non-hydrogen) atoms. The summed E-state index contributed by atoms with van der Waals surface area (Å²) in [4.78, 5) is 210. The number of ketones is 3. The van der Waals surface area contributed by atoms with Crippen LogP contribution in [0.25, 0.3) is 43.3 Å². The average molecular weight is 1640 g/mol. The van der Waals surface area contributed by atoms with Gasteiger partial charge in [-0.2, -0.15) is 0 Å². The molecule has 0 spiro atoms. The van der Waals surface area contributed by atoms with Crippen molar-refractivity contribution in [3.8, 4) is 0 Å². The highest BCUT2D eigenvalue weighted by molar-refractivity contribution is 6.47. The van der Waals surface area contributed by atoms with E-state index in [-0.39, 0.29) is 84.8 Å². The first-order chi connectivity index (χ1) is 58.4. The maximum absolute atomic E-state index is 13.5. The zero-order valence-electron chi connectivity index (χ0n) is 68.1. The third-order valence-corrected chi connectivity index (χ3v) is 22.6.